The monoisotopic (exact) mass is 452 g/mol. The van der Waals surface area contributed by atoms with Crippen LogP contribution >= 0.6 is 0 Å². The summed E-state index contributed by atoms with van der Waals surface area (Å²) in [6.45, 7) is 4.19. The zero-order valence-electron chi connectivity index (χ0n) is 19.2. The predicted molar refractivity (Wildman–Crippen MR) is 126 cm³/mol. The van der Waals surface area contributed by atoms with Gasteiger partial charge in [0.2, 0.25) is 5.91 Å². The highest BCUT2D eigenvalue weighted by Crippen LogP contribution is 2.44. The number of alkyl carbamates (subject to hydrolysis) is 1. The molecule has 7 heteroatoms. The standard InChI is InChI=1S/C26H32N2O5/c1-3-18(15-24(29)27-14-8-9-17(2)25(30)31)28-26(32)33-16-23-21-12-6-4-10-19(21)20-11-5-7-13-22(20)23/h4-7,10-13,17-18,23H,3,8-9,14-16H2,1-2H3,(H,27,29)(H,28,32)(H,30,31)/t17?,18-/m0/s1. The van der Waals surface area contributed by atoms with Gasteiger partial charge >= 0.3 is 12.1 Å². The fourth-order valence-electron chi connectivity index (χ4n) is 4.16. The number of nitrogens with one attached hydrogen (secondary N) is 2. The smallest absolute Gasteiger partial charge is 0.407 e. The molecule has 0 radical (unpaired) electrons. The quantitative estimate of drug-likeness (QED) is 0.441. The number of benzene rings is 2. The third kappa shape index (κ3) is 6.34. The van der Waals surface area contributed by atoms with E-state index in [1.54, 1.807) is 6.92 Å². The van der Waals surface area contributed by atoms with Gasteiger partial charge in [-0.15, -0.1) is 0 Å². The van der Waals surface area contributed by atoms with Crippen LogP contribution in [0.1, 0.15) is 56.6 Å². The van der Waals surface area contributed by atoms with E-state index in [-0.39, 0.29) is 30.9 Å². The summed E-state index contributed by atoms with van der Waals surface area (Å²) in [5.74, 6) is -1.45. The summed E-state index contributed by atoms with van der Waals surface area (Å²) in [4.78, 5) is 35.5. The molecule has 2 amide bonds. The molecule has 0 aliphatic heterocycles. The highest BCUT2D eigenvalue weighted by atomic mass is 16.5. The van der Waals surface area contributed by atoms with Crippen LogP contribution in [0.25, 0.3) is 11.1 Å². The van der Waals surface area contributed by atoms with E-state index >= 15 is 0 Å². The molecule has 1 aliphatic rings. The molecule has 0 spiro atoms. The summed E-state index contributed by atoms with van der Waals surface area (Å²) >= 11 is 0. The molecule has 3 N–H and O–H groups in total. The minimum absolute atomic E-state index is 0.0141. The summed E-state index contributed by atoms with van der Waals surface area (Å²) in [6, 6.07) is 16.0. The van der Waals surface area contributed by atoms with Gasteiger partial charge < -0.3 is 20.5 Å². The molecule has 0 aromatic heterocycles. The van der Waals surface area contributed by atoms with Crippen LogP contribution in [0.2, 0.25) is 0 Å². The predicted octanol–water partition coefficient (Wildman–Crippen LogP) is 4.31. The fourth-order valence-corrected chi connectivity index (χ4v) is 4.16. The second-order valence-electron chi connectivity index (χ2n) is 8.51. The Hall–Kier alpha value is -3.35. The van der Waals surface area contributed by atoms with Crippen LogP contribution in [0, 0.1) is 5.92 Å². The van der Waals surface area contributed by atoms with Gasteiger partial charge in [0.05, 0.1) is 5.92 Å². The van der Waals surface area contributed by atoms with Gasteiger partial charge in [-0.25, -0.2) is 4.79 Å². The van der Waals surface area contributed by atoms with E-state index in [1.165, 1.54) is 11.1 Å². The lowest BCUT2D eigenvalue weighted by Gasteiger charge is -2.19. The average molecular weight is 453 g/mol. The van der Waals surface area contributed by atoms with Crippen LogP contribution in [0.4, 0.5) is 4.79 Å². The first-order valence-corrected chi connectivity index (χ1v) is 11.5. The largest absolute Gasteiger partial charge is 0.481 e. The van der Waals surface area contributed by atoms with Crippen molar-refractivity contribution in [2.24, 2.45) is 5.92 Å². The number of carboxylic acid groups (broad SMARTS) is 1. The minimum atomic E-state index is -0.834. The molecular weight excluding hydrogens is 420 g/mol. The van der Waals surface area contributed by atoms with Crippen LogP contribution in [0.3, 0.4) is 0 Å². The minimum Gasteiger partial charge on any atom is -0.481 e. The molecule has 33 heavy (non-hydrogen) atoms. The fraction of sp³-hybridized carbons (Fsp3) is 0.423. The lowest BCUT2D eigenvalue weighted by Crippen LogP contribution is -2.39. The molecule has 2 atom stereocenters. The van der Waals surface area contributed by atoms with Crippen LogP contribution in [-0.4, -0.2) is 42.3 Å². The zero-order valence-corrected chi connectivity index (χ0v) is 19.2. The van der Waals surface area contributed by atoms with Gasteiger partial charge in [0.25, 0.3) is 0 Å². The van der Waals surface area contributed by atoms with Crippen molar-refractivity contribution in [1.82, 2.24) is 10.6 Å². The molecule has 0 heterocycles. The molecule has 3 rings (SSSR count). The van der Waals surface area contributed by atoms with Gasteiger partial charge in [-0.3, -0.25) is 9.59 Å². The summed E-state index contributed by atoms with van der Waals surface area (Å²) in [5.41, 5.74) is 4.64. The highest BCUT2D eigenvalue weighted by molar-refractivity contribution is 5.79. The highest BCUT2D eigenvalue weighted by Gasteiger charge is 2.29. The SMILES string of the molecule is CC[C@@H](CC(=O)NCCCC(C)C(=O)O)NC(=O)OCC1c2ccccc2-c2ccccc21. The topological polar surface area (TPSA) is 105 Å². The van der Waals surface area contributed by atoms with Crippen molar-refractivity contribution in [1.29, 1.82) is 0 Å². The first kappa shape index (κ1) is 24.3. The van der Waals surface area contributed by atoms with E-state index in [2.05, 4.69) is 34.9 Å². The zero-order chi connectivity index (χ0) is 23.8. The van der Waals surface area contributed by atoms with E-state index in [1.807, 2.05) is 31.2 Å². The first-order valence-electron chi connectivity index (χ1n) is 11.5. The van der Waals surface area contributed by atoms with Gasteiger partial charge in [0, 0.05) is 24.9 Å². The molecule has 0 saturated heterocycles. The van der Waals surface area contributed by atoms with E-state index in [0.717, 1.165) is 11.1 Å². The number of aliphatic carboxylic acids is 1. The van der Waals surface area contributed by atoms with Crippen LogP contribution < -0.4 is 10.6 Å². The third-order valence-corrected chi connectivity index (χ3v) is 6.15. The maximum absolute atomic E-state index is 12.5. The summed E-state index contributed by atoms with van der Waals surface area (Å²) in [5, 5.41) is 14.5. The Morgan fingerprint density at radius 2 is 1.64 bits per heavy atom. The van der Waals surface area contributed by atoms with Gasteiger partial charge in [-0.1, -0.05) is 62.4 Å². The Kier molecular flexibility index (Phi) is 8.46. The Labute approximate surface area is 194 Å². The van der Waals surface area contributed by atoms with E-state index < -0.39 is 18.0 Å². The number of amides is 2. The normalized spacial score (nSPS) is 14.0. The number of carboxylic acids is 1. The Balaban J connectivity index is 1.46. The van der Waals surface area contributed by atoms with Crippen molar-refractivity contribution < 1.29 is 24.2 Å². The van der Waals surface area contributed by atoms with Crippen molar-refractivity contribution in [3.05, 3.63) is 59.7 Å². The van der Waals surface area contributed by atoms with Crippen LogP contribution in [0.15, 0.2) is 48.5 Å². The number of carbonyl (C=O) groups is 3. The van der Waals surface area contributed by atoms with Crippen molar-refractivity contribution in [3.63, 3.8) is 0 Å². The van der Waals surface area contributed by atoms with Crippen molar-refractivity contribution in [2.45, 2.75) is 51.5 Å². The van der Waals surface area contributed by atoms with E-state index in [9.17, 15) is 14.4 Å². The molecule has 0 bridgehead atoms. The van der Waals surface area contributed by atoms with E-state index in [0.29, 0.717) is 25.8 Å². The molecule has 0 fully saturated rings. The number of hydrogen-bond acceptors (Lipinski definition) is 4. The lowest BCUT2D eigenvalue weighted by atomic mass is 9.98. The molecule has 2 aromatic carbocycles. The molecule has 2 aromatic rings. The molecule has 0 saturated carbocycles. The molecule has 1 unspecified atom stereocenters. The number of hydrogen-bond donors (Lipinski definition) is 3. The average Bonchev–Trinajstić information content (AvgIpc) is 3.13. The molecule has 176 valence electrons. The molecule has 7 nitrogen and oxygen atoms in total. The lowest BCUT2D eigenvalue weighted by molar-refractivity contribution is -0.141. The van der Waals surface area contributed by atoms with E-state index in [4.69, 9.17) is 9.84 Å². The number of ether oxygens (including phenoxy) is 1. The van der Waals surface area contributed by atoms with Crippen molar-refractivity contribution in [3.8, 4) is 11.1 Å². The second kappa shape index (κ2) is 11.5. The third-order valence-electron chi connectivity index (χ3n) is 6.15. The number of rotatable bonds is 11. The number of fused-ring (bicyclic) bond motifs is 3. The maximum atomic E-state index is 12.5. The van der Waals surface area contributed by atoms with Gasteiger partial charge in [-0.2, -0.15) is 0 Å². The van der Waals surface area contributed by atoms with Gasteiger partial charge in [0.1, 0.15) is 6.61 Å². The summed E-state index contributed by atoms with van der Waals surface area (Å²) in [7, 11) is 0. The Morgan fingerprint density at radius 1 is 1.03 bits per heavy atom. The second-order valence-corrected chi connectivity index (χ2v) is 8.51. The van der Waals surface area contributed by atoms with Gasteiger partial charge in [0.15, 0.2) is 0 Å². The van der Waals surface area contributed by atoms with Crippen LogP contribution in [0.5, 0.6) is 0 Å². The van der Waals surface area contributed by atoms with Crippen molar-refractivity contribution >= 4 is 18.0 Å². The maximum Gasteiger partial charge on any atom is 0.407 e. The number of carbonyl (C=O) groups excluding carboxylic acids is 2. The molecule has 1 aliphatic carbocycles. The Bertz CT molecular complexity index is 945. The summed E-state index contributed by atoms with van der Waals surface area (Å²) < 4.78 is 5.56. The first-order chi connectivity index (χ1) is 15.9. The van der Waals surface area contributed by atoms with Crippen molar-refractivity contribution in [2.75, 3.05) is 13.2 Å². The summed E-state index contributed by atoms with van der Waals surface area (Å²) in [6.07, 6.45) is 1.30. The Morgan fingerprint density at radius 3 is 2.21 bits per heavy atom. The molecular formula is C26H32N2O5. The van der Waals surface area contributed by atoms with Crippen LogP contribution in [-0.2, 0) is 14.3 Å². The van der Waals surface area contributed by atoms with Gasteiger partial charge in [-0.05, 0) is 41.5 Å².